The molecular weight excluding hydrogens is 480 g/mol. The van der Waals surface area contributed by atoms with E-state index >= 15 is 0 Å². The van der Waals surface area contributed by atoms with Crippen LogP contribution in [0.4, 0.5) is 4.79 Å². The zero-order valence-corrected chi connectivity index (χ0v) is 25.4. The second-order valence-electron chi connectivity index (χ2n) is 14.6. The standard InChI is InChI=1S/C35H54N2O2/c1-24(2)9-8-10-25(3)30-14-15-31-29-13-12-26-23-28(16-19-34(26,4)32(29)17-20-35(30,31)5)39-33(38)37-22-18-27-11-6-7-21-36-27/h6-7,11-12,21,24-25,28-32H,8-10,13-20,22-23H2,1-5H3,(H,37,38). The Labute approximate surface area is 238 Å². The van der Waals surface area contributed by atoms with Gasteiger partial charge >= 0.3 is 6.09 Å². The third-order valence-electron chi connectivity index (χ3n) is 11.9. The summed E-state index contributed by atoms with van der Waals surface area (Å²) < 4.78 is 5.92. The van der Waals surface area contributed by atoms with Crippen LogP contribution < -0.4 is 5.32 Å². The SMILES string of the molecule is CC(C)CCCC(C)C1CCC2C3CC=C4CC(OC(=O)NCCc5ccccn5)CCC4(C)C3CCC12C. The van der Waals surface area contributed by atoms with Crippen molar-refractivity contribution in [2.75, 3.05) is 6.54 Å². The Balaban J connectivity index is 1.16. The monoisotopic (exact) mass is 534 g/mol. The lowest BCUT2D eigenvalue weighted by molar-refractivity contribution is -0.0581. The molecule has 0 aliphatic heterocycles. The minimum atomic E-state index is -0.276. The maximum atomic E-state index is 12.5. The van der Waals surface area contributed by atoms with Crippen LogP contribution in [0.1, 0.15) is 111 Å². The van der Waals surface area contributed by atoms with E-state index in [-0.39, 0.29) is 12.2 Å². The number of pyridine rings is 1. The highest BCUT2D eigenvalue weighted by atomic mass is 16.6. The van der Waals surface area contributed by atoms with Gasteiger partial charge in [-0.1, -0.05) is 71.6 Å². The second kappa shape index (κ2) is 12.0. The smallest absolute Gasteiger partial charge is 0.407 e. The highest BCUT2D eigenvalue weighted by Gasteiger charge is 2.59. The predicted octanol–water partition coefficient (Wildman–Crippen LogP) is 8.76. The summed E-state index contributed by atoms with van der Waals surface area (Å²) in [7, 11) is 0. The van der Waals surface area contributed by atoms with Gasteiger partial charge in [0.2, 0.25) is 0 Å². The number of hydrogen-bond donors (Lipinski definition) is 1. The summed E-state index contributed by atoms with van der Waals surface area (Å²) in [6, 6.07) is 5.89. The molecule has 4 heteroatoms. The molecule has 4 nitrogen and oxygen atoms in total. The number of amides is 1. The number of allylic oxidation sites excluding steroid dienone is 1. The topological polar surface area (TPSA) is 51.2 Å². The van der Waals surface area contributed by atoms with Crippen LogP contribution in [-0.2, 0) is 11.2 Å². The van der Waals surface area contributed by atoms with Gasteiger partial charge < -0.3 is 10.1 Å². The number of hydrogen-bond acceptors (Lipinski definition) is 3. The molecule has 0 radical (unpaired) electrons. The maximum absolute atomic E-state index is 12.5. The van der Waals surface area contributed by atoms with Crippen molar-refractivity contribution in [3.8, 4) is 0 Å². The van der Waals surface area contributed by atoms with Crippen LogP contribution in [0.25, 0.3) is 0 Å². The molecule has 1 aromatic heterocycles. The summed E-state index contributed by atoms with van der Waals surface area (Å²) in [5.74, 6) is 5.15. The molecule has 1 heterocycles. The molecule has 3 saturated carbocycles. The van der Waals surface area contributed by atoms with E-state index in [1.165, 1.54) is 51.4 Å². The molecule has 1 N–H and O–H groups in total. The fourth-order valence-electron chi connectivity index (χ4n) is 9.78. The van der Waals surface area contributed by atoms with Crippen molar-refractivity contribution >= 4 is 6.09 Å². The Hall–Kier alpha value is -1.84. The highest BCUT2D eigenvalue weighted by Crippen LogP contribution is 2.67. The number of alkyl carbamates (subject to hydrolysis) is 1. The molecule has 5 rings (SSSR count). The molecule has 216 valence electrons. The summed E-state index contributed by atoms with van der Waals surface area (Å²) in [5.41, 5.74) is 3.40. The van der Waals surface area contributed by atoms with E-state index in [9.17, 15) is 4.79 Å². The maximum Gasteiger partial charge on any atom is 0.407 e. The lowest BCUT2D eigenvalue weighted by Gasteiger charge is -2.58. The zero-order valence-electron chi connectivity index (χ0n) is 25.4. The minimum Gasteiger partial charge on any atom is -0.446 e. The molecule has 0 saturated heterocycles. The minimum absolute atomic E-state index is 0.00660. The van der Waals surface area contributed by atoms with Gasteiger partial charge in [-0.3, -0.25) is 4.98 Å². The van der Waals surface area contributed by atoms with Crippen LogP contribution in [-0.4, -0.2) is 23.7 Å². The van der Waals surface area contributed by atoms with E-state index in [1.807, 2.05) is 18.2 Å². The fourth-order valence-corrected chi connectivity index (χ4v) is 9.78. The van der Waals surface area contributed by atoms with Crippen LogP contribution >= 0.6 is 0 Å². The van der Waals surface area contributed by atoms with Crippen molar-refractivity contribution in [2.45, 2.75) is 118 Å². The average Bonchev–Trinajstić information content (AvgIpc) is 3.26. The molecule has 4 aliphatic carbocycles. The zero-order chi connectivity index (χ0) is 27.6. The van der Waals surface area contributed by atoms with Crippen molar-refractivity contribution in [1.29, 1.82) is 0 Å². The summed E-state index contributed by atoms with van der Waals surface area (Å²) in [4.78, 5) is 16.9. The molecule has 0 spiro atoms. The quantitative estimate of drug-likeness (QED) is 0.322. The van der Waals surface area contributed by atoms with E-state index in [2.05, 4.69) is 51.0 Å². The molecule has 1 aromatic rings. The molecule has 8 atom stereocenters. The number of carbonyl (C=O) groups excluding carboxylic acids is 1. The molecule has 0 aromatic carbocycles. The third kappa shape index (κ3) is 5.96. The number of fused-ring (bicyclic) bond motifs is 5. The predicted molar refractivity (Wildman–Crippen MR) is 159 cm³/mol. The van der Waals surface area contributed by atoms with Gasteiger partial charge in [-0.05, 0) is 103 Å². The van der Waals surface area contributed by atoms with E-state index in [1.54, 1.807) is 11.8 Å². The van der Waals surface area contributed by atoms with Crippen molar-refractivity contribution in [3.63, 3.8) is 0 Å². The van der Waals surface area contributed by atoms with Gasteiger partial charge in [0.25, 0.3) is 0 Å². The summed E-state index contributed by atoms with van der Waals surface area (Å²) >= 11 is 0. The summed E-state index contributed by atoms with van der Waals surface area (Å²) in [6.45, 7) is 13.1. The number of nitrogens with zero attached hydrogens (tertiary/aromatic N) is 1. The molecule has 3 fully saturated rings. The fraction of sp³-hybridized carbons (Fsp3) is 0.771. The van der Waals surface area contributed by atoms with Crippen molar-refractivity contribution in [3.05, 3.63) is 41.7 Å². The third-order valence-corrected chi connectivity index (χ3v) is 11.9. The van der Waals surface area contributed by atoms with Gasteiger partial charge in [-0.2, -0.15) is 0 Å². The van der Waals surface area contributed by atoms with Crippen molar-refractivity contribution in [1.82, 2.24) is 10.3 Å². The molecule has 4 aliphatic rings. The number of aromatic nitrogens is 1. The molecule has 39 heavy (non-hydrogen) atoms. The molecule has 0 bridgehead atoms. The Morgan fingerprint density at radius 2 is 1.92 bits per heavy atom. The first-order valence-corrected chi connectivity index (χ1v) is 16.2. The van der Waals surface area contributed by atoms with Crippen LogP contribution in [0, 0.1) is 46.3 Å². The van der Waals surface area contributed by atoms with Crippen LogP contribution in [0.3, 0.4) is 0 Å². The normalized spacial score (nSPS) is 36.4. The second-order valence-corrected chi connectivity index (χ2v) is 14.6. The van der Waals surface area contributed by atoms with Gasteiger partial charge in [0.05, 0.1) is 0 Å². The summed E-state index contributed by atoms with van der Waals surface area (Å²) in [5, 5.41) is 2.95. The Morgan fingerprint density at radius 3 is 2.69 bits per heavy atom. The van der Waals surface area contributed by atoms with E-state index in [0.717, 1.165) is 66.9 Å². The first-order chi connectivity index (χ1) is 18.7. The lowest BCUT2D eigenvalue weighted by Crippen LogP contribution is -2.51. The molecule has 1 amide bonds. The first-order valence-electron chi connectivity index (χ1n) is 16.2. The van der Waals surface area contributed by atoms with Gasteiger partial charge in [0.1, 0.15) is 6.10 Å². The summed E-state index contributed by atoms with van der Waals surface area (Å²) in [6.07, 6.45) is 19.1. The lowest BCUT2D eigenvalue weighted by atomic mass is 9.47. The van der Waals surface area contributed by atoms with E-state index < -0.39 is 0 Å². The van der Waals surface area contributed by atoms with Gasteiger partial charge in [-0.25, -0.2) is 4.79 Å². The van der Waals surface area contributed by atoms with Crippen LogP contribution in [0.5, 0.6) is 0 Å². The van der Waals surface area contributed by atoms with Gasteiger partial charge in [0, 0.05) is 31.3 Å². The number of carbonyl (C=O) groups is 1. The van der Waals surface area contributed by atoms with Crippen LogP contribution in [0.2, 0.25) is 0 Å². The number of ether oxygens (including phenoxy) is 1. The number of nitrogens with one attached hydrogen (secondary N) is 1. The Kier molecular flexibility index (Phi) is 8.79. The van der Waals surface area contributed by atoms with Gasteiger partial charge in [0.15, 0.2) is 0 Å². The number of rotatable bonds is 9. The molecular formula is C35H54N2O2. The Bertz CT molecular complexity index is 1010. The van der Waals surface area contributed by atoms with Crippen molar-refractivity contribution < 1.29 is 9.53 Å². The highest BCUT2D eigenvalue weighted by molar-refractivity contribution is 5.67. The van der Waals surface area contributed by atoms with E-state index in [0.29, 0.717) is 17.4 Å². The van der Waals surface area contributed by atoms with E-state index in [4.69, 9.17) is 4.74 Å². The van der Waals surface area contributed by atoms with Crippen LogP contribution in [0.15, 0.2) is 36.0 Å². The Morgan fingerprint density at radius 1 is 1.08 bits per heavy atom. The molecule has 8 unspecified atom stereocenters. The average molecular weight is 535 g/mol. The van der Waals surface area contributed by atoms with Crippen molar-refractivity contribution in [2.24, 2.45) is 46.3 Å². The first kappa shape index (κ1) is 28.7. The van der Waals surface area contributed by atoms with Gasteiger partial charge in [-0.15, -0.1) is 0 Å². The largest absolute Gasteiger partial charge is 0.446 e.